The van der Waals surface area contributed by atoms with Gasteiger partial charge in [-0.05, 0) is 12.8 Å². The Bertz CT molecular complexity index is 183. The fourth-order valence-corrected chi connectivity index (χ4v) is 1.86. The van der Waals surface area contributed by atoms with Crippen LogP contribution >= 0.6 is 0 Å². The molecule has 18 heavy (non-hydrogen) atoms. The second kappa shape index (κ2) is 14.5. The Morgan fingerprint density at radius 3 is 1.94 bits per heavy atom. The number of hydrogen-bond donors (Lipinski definition) is 1. The average Bonchev–Trinajstić information content (AvgIpc) is 2.37. The van der Waals surface area contributed by atoms with Crippen molar-refractivity contribution in [1.29, 1.82) is 0 Å². The highest BCUT2D eigenvalue weighted by atomic mass is 16.7. The smallest absolute Gasteiger partial charge is 0.324 e. The number of carbonyl (C=O) groups excluding carboxylic acids is 1. The molecule has 1 N–H and O–H groups in total. The van der Waals surface area contributed by atoms with Crippen molar-refractivity contribution in [3.8, 4) is 0 Å². The Morgan fingerprint density at radius 2 is 1.39 bits per heavy atom. The van der Waals surface area contributed by atoms with Gasteiger partial charge in [0.05, 0.1) is 0 Å². The maximum Gasteiger partial charge on any atom is 0.324 e. The molecule has 3 nitrogen and oxygen atoms in total. The molecule has 0 saturated heterocycles. The highest BCUT2D eigenvalue weighted by Crippen LogP contribution is 2.10. The van der Waals surface area contributed by atoms with E-state index in [0.29, 0.717) is 6.42 Å². The van der Waals surface area contributed by atoms with E-state index in [4.69, 9.17) is 4.84 Å². The molecule has 0 aromatic carbocycles. The molecule has 0 aromatic rings. The first-order chi connectivity index (χ1) is 8.81. The first kappa shape index (κ1) is 17.4. The van der Waals surface area contributed by atoms with Crippen LogP contribution in [0.15, 0.2) is 0 Å². The number of hydroxylamine groups is 1. The SMILES string of the molecule is CCCCCCCCCCCC(=O)ONCCC. The quantitative estimate of drug-likeness (QED) is 0.393. The zero-order chi connectivity index (χ0) is 13.5. The molecular weight excluding hydrogens is 226 g/mol. The highest BCUT2D eigenvalue weighted by Gasteiger charge is 2.01. The lowest BCUT2D eigenvalue weighted by Gasteiger charge is -2.04. The van der Waals surface area contributed by atoms with E-state index in [1.807, 2.05) is 6.92 Å². The fraction of sp³-hybridized carbons (Fsp3) is 0.933. The number of hydrogen-bond acceptors (Lipinski definition) is 3. The summed E-state index contributed by atoms with van der Waals surface area (Å²) in [5.74, 6) is -0.119. The van der Waals surface area contributed by atoms with Crippen LogP contribution in [0.3, 0.4) is 0 Å². The maximum absolute atomic E-state index is 11.2. The third-order valence-corrected chi connectivity index (χ3v) is 3.02. The van der Waals surface area contributed by atoms with Gasteiger partial charge in [-0.3, -0.25) is 4.79 Å². The molecule has 0 fully saturated rings. The normalized spacial score (nSPS) is 10.6. The summed E-state index contributed by atoms with van der Waals surface area (Å²) < 4.78 is 0. The monoisotopic (exact) mass is 257 g/mol. The van der Waals surface area contributed by atoms with Gasteiger partial charge in [0, 0.05) is 13.0 Å². The van der Waals surface area contributed by atoms with Gasteiger partial charge in [0.15, 0.2) is 0 Å². The van der Waals surface area contributed by atoms with Gasteiger partial charge in [0.25, 0.3) is 0 Å². The lowest BCUT2D eigenvalue weighted by molar-refractivity contribution is -0.151. The van der Waals surface area contributed by atoms with Crippen molar-refractivity contribution >= 4 is 5.97 Å². The number of rotatable bonds is 13. The Labute approximate surface area is 113 Å². The molecule has 0 radical (unpaired) electrons. The van der Waals surface area contributed by atoms with E-state index in [-0.39, 0.29) is 5.97 Å². The molecule has 3 heteroatoms. The molecule has 0 bridgehead atoms. The average molecular weight is 257 g/mol. The maximum atomic E-state index is 11.2. The van der Waals surface area contributed by atoms with Crippen molar-refractivity contribution in [2.45, 2.75) is 84.5 Å². The van der Waals surface area contributed by atoms with Crippen LogP contribution in [0.2, 0.25) is 0 Å². The molecule has 108 valence electrons. The lowest BCUT2D eigenvalue weighted by atomic mass is 10.1. The Kier molecular flexibility index (Phi) is 14.0. The van der Waals surface area contributed by atoms with E-state index in [9.17, 15) is 4.79 Å². The summed E-state index contributed by atoms with van der Waals surface area (Å²) in [5, 5.41) is 0. The van der Waals surface area contributed by atoms with Crippen molar-refractivity contribution < 1.29 is 9.63 Å². The molecule has 0 aliphatic rings. The minimum Gasteiger partial charge on any atom is -0.371 e. The molecule has 0 unspecified atom stereocenters. The van der Waals surface area contributed by atoms with Gasteiger partial charge < -0.3 is 4.84 Å². The summed E-state index contributed by atoms with van der Waals surface area (Å²) in [6.45, 7) is 5.03. The standard InChI is InChI=1S/C15H31NO2/c1-3-5-6-7-8-9-10-11-12-13-15(17)18-16-14-4-2/h16H,3-14H2,1-2H3. The summed E-state index contributed by atoms with van der Waals surface area (Å²) in [6, 6.07) is 0. The van der Waals surface area contributed by atoms with Crippen molar-refractivity contribution in [2.75, 3.05) is 6.54 Å². The van der Waals surface area contributed by atoms with Gasteiger partial charge in [0.1, 0.15) is 0 Å². The first-order valence-corrected chi connectivity index (χ1v) is 7.73. The molecule has 0 saturated carbocycles. The van der Waals surface area contributed by atoms with Crippen LogP contribution in [0.5, 0.6) is 0 Å². The molecular formula is C15H31NO2. The van der Waals surface area contributed by atoms with E-state index >= 15 is 0 Å². The third kappa shape index (κ3) is 13.5. The Balaban J connectivity index is 3.08. The second-order valence-electron chi connectivity index (χ2n) is 4.95. The van der Waals surface area contributed by atoms with Crippen molar-refractivity contribution in [2.24, 2.45) is 0 Å². The Hall–Kier alpha value is -0.570. The van der Waals surface area contributed by atoms with Crippen molar-refractivity contribution in [3.05, 3.63) is 0 Å². The topological polar surface area (TPSA) is 38.3 Å². The summed E-state index contributed by atoms with van der Waals surface area (Å²) in [7, 11) is 0. The zero-order valence-electron chi connectivity index (χ0n) is 12.3. The van der Waals surface area contributed by atoms with Gasteiger partial charge >= 0.3 is 5.97 Å². The predicted molar refractivity (Wildman–Crippen MR) is 76.2 cm³/mol. The van der Waals surface area contributed by atoms with Gasteiger partial charge in [0.2, 0.25) is 0 Å². The summed E-state index contributed by atoms with van der Waals surface area (Å²) in [5.41, 5.74) is 2.67. The number of unbranched alkanes of at least 4 members (excludes halogenated alkanes) is 8. The summed E-state index contributed by atoms with van der Waals surface area (Å²) in [6.07, 6.45) is 13.0. The molecule has 0 atom stereocenters. The van der Waals surface area contributed by atoms with Gasteiger partial charge in [-0.2, -0.15) is 5.48 Å². The van der Waals surface area contributed by atoms with Gasteiger partial charge in [-0.25, -0.2) is 0 Å². The van der Waals surface area contributed by atoms with Crippen LogP contribution in [0.25, 0.3) is 0 Å². The minimum absolute atomic E-state index is 0.119. The molecule has 0 amide bonds. The van der Waals surface area contributed by atoms with Crippen LogP contribution in [-0.4, -0.2) is 12.5 Å². The van der Waals surface area contributed by atoms with Crippen LogP contribution in [0.4, 0.5) is 0 Å². The van der Waals surface area contributed by atoms with E-state index in [0.717, 1.165) is 25.8 Å². The van der Waals surface area contributed by atoms with Crippen LogP contribution in [0, 0.1) is 0 Å². The van der Waals surface area contributed by atoms with E-state index in [1.165, 1.54) is 44.9 Å². The van der Waals surface area contributed by atoms with Crippen molar-refractivity contribution in [3.63, 3.8) is 0 Å². The predicted octanol–water partition coefficient (Wildman–Crippen LogP) is 4.37. The Morgan fingerprint density at radius 1 is 0.833 bits per heavy atom. The molecule has 0 heterocycles. The summed E-state index contributed by atoms with van der Waals surface area (Å²) >= 11 is 0. The summed E-state index contributed by atoms with van der Waals surface area (Å²) in [4.78, 5) is 16.1. The van der Waals surface area contributed by atoms with E-state index < -0.39 is 0 Å². The molecule has 0 aliphatic carbocycles. The third-order valence-electron chi connectivity index (χ3n) is 3.02. The number of carbonyl (C=O) groups is 1. The molecule has 0 spiro atoms. The minimum atomic E-state index is -0.119. The number of nitrogens with one attached hydrogen (secondary N) is 1. The largest absolute Gasteiger partial charge is 0.371 e. The van der Waals surface area contributed by atoms with Crippen molar-refractivity contribution in [1.82, 2.24) is 5.48 Å². The lowest BCUT2D eigenvalue weighted by Crippen LogP contribution is -2.20. The van der Waals surface area contributed by atoms with Gasteiger partial charge in [-0.15, -0.1) is 0 Å². The first-order valence-electron chi connectivity index (χ1n) is 7.73. The van der Waals surface area contributed by atoms with Crippen LogP contribution in [0.1, 0.15) is 84.5 Å². The zero-order valence-corrected chi connectivity index (χ0v) is 12.3. The highest BCUT2D eigenvalue weighted by molar-refractivity contribution is 5.68. The molecule has 0 aliphatic heterocycles. The molecule has 0 rings (SSSR count). The van der Waals surface area contributed by atoms with Gasteiger partial charge in [-0.1, -0.05) is 65.2 Å². The van der Waals surface area contributed by atoms with E-state index in [1.54, 1.807) is 0 Å². The van der Waals surface area contributed by atoms with Crippen LogP contribution < -0.4 is 5.48 Å². The van der Waals surface area contributed by atoms with E-state index in [2.05, 4.69) is 12.4 Å². The molecule has 0 aromatic heterocycles. The fourth-order valence-electron chi connectivity index (χ4n) is 1.86. The second-order valence-corrected chi connectivity index (χ2v) is 4.95. The van der Waals surface area contributed by atoms with Crippen LogP contribution in [-0.2, 0) is 9.63 Å².